The van der Waals surface area contributed by atoms with Gasteiger partial charge in [-0.25, -0.2) is 0 Å². The van der Waals surface area contributed by atoms with E-state index in [2.05, 4.69) is 5.32 Å². The van der Waals surface area contributed by atoms with Crippen molar-refractivity contribution in [3.63, 3.8) is 0 Å². The minimum atomic E-state index is -0.00410. The Morgan fingerprint density at radius 2 is 1.88 bits per heavy atom. The third-order valence-electron chi connectivity index (χ3n) is 4.79. The van der Waals surface area contributed by atoms with Crippen molar-refractivity contribution >= 4 is 11.8 Å². The molecule has 1 N–H and O–H groups in total. The molecule has 0 atom stereocenters. The Morgan fingerprint density at radius 1 is 1.16 bits per heavy atom. The van der Waals surface area contributed by atoms with Crippen molar-refractivity contribution < 1.29 is 19.1 Å². The van der Waals surface area contributed by atoms with Gasteiger partial charge >= 0.3 is 0 Å². The van der Waals surface area contributed by atoms with Gasteiger partial charge in [-0.05, 0) is 50.8 Å². The highest BCUT2D eigenvalue weighted by Gasteiger charge is 2.32. The summed E-state index contributed by atoms with van der Waals surface area (Å²) in [7, 11) is 1.58. The van der Waals surface area contributed by atoms with Gasteiger partial charge in [-0.2, -0.15) is 0 Å². The highest BCUT2D eigenvalue weighted by molar-refractivity contribution is 5.95. The normalized spacial score (nSPS) is 17.9. The van der Waals surface area contributed by atoms with E-state index in [1.165, 1.54) is 0 Å². The molecule has 136 valence electrons. The maximum absolute atomic E-state index is 12.7. The van der Waals surface area contributed by atoms with Gasteiger partial charge in [-0.1, -0.05) is 0 Å². The predicted octanol–water partition coefficient (Wildman–Crippen LogP) is 2.22. The van der Waals surface area contributed by atoms with Crippen molar-refractivity contribution in [2.24, 2.45) is 5.92 Å². The zero-order valence-corrected chi connectivity index (χ0v) is 14.9. The average molecular weight is 346 g/mol. The van der Waals surface area contributed by atoms with Gasteiger partial charge in [0.2, 0.25) is 5.91 Å². The summed E-state index contributed by atoms with van der Waals surface area (Å²) in [4.78, 5) is 26.4. The minimum Gasteiger partial charge on any atom is -0.493 e. The Bertz CT molecular complexity index is 634. The molecule has 25 heavy (non-hydrogen) atoms. The van der Waals surface area contributed by atoms with Gasteiger partial charge in [-0.15, -0.1) is 0 Å². The number of rotatable bonds is 6. The molecule has 6 heteroatoms. The van der Waals surface area contributed by atoms with Crippen LogP contribution in [-0.4, -0.2) is 49.6 Å². The van der Waals surface area contributed by atoms with Crippen LogP contribution < -0.4 is 14.8 Å². The van der Waals surface area contributed by atoms with E-state index < -0.39 is 0 Å². The molecule has 2 amide bonds. The number of carbonyl (C=O) groups excluding carboxylic acids is 2. The van der Waals surface area contributed by atoms with Crippen LogP contribution >= 0.6 is 0 Å². The third kappa shape index (κ3) is 4.24. The first-order valence-corrected chi connectivity index (χ1v) is 9.02. The molecule has 0 bridgehead atoms. The SMILES string of the molecule is CCOc1cc(C(=O)N2CCC(NC(=O)C3CC3)CC2)ccc1OC. The van der Waals surface area contributed by atoms with Gasteiger partial charge in [-0.3, -0.25) is 9.59 Å². The average Bonchev–Trinajstić information content (AvgIpc) is 3.47. The number of nitrogens with one attached hydrogen (secondary N) is 1. The van der Waals surface area contributed by atoms with E-state index >= 15 is 0 Å². The van der Waals surface area contributed by atoms with Crippen LogP contribution in [0.15, 0.2) is 18.2 Å². The number of amides is 2. The molecule has 1 aliphatic carbocycles. The summed E-state index contributed by atoms with van der Waals surface area (Å²) in [5.41, 5.74) is 0.602. The third-order valence-corrected chi connectivity index (χ3v) is 4.79. The standard InChI is InChI=1S/C19H26N2O4/c1-3-25-17-12-14(6-7-16(17)24-2)19(23)21-10-8-15(9-11-21)20-18(22)13-4-5-13/h6-7,12-13,15H,3-5,8-11H2,1-2H3,(H,20,22). The zero-order valence-electron chi connectivity index (χ0n) is 14.9. The van der Waals surface area contributed by atoms with E-state index in [0.717, 1.165) is 25.7 Å². The van der Waals surface area contributed by atoms with E-state index in [-0.39, 0.29) is 23.8 Å². The van der Waals surface area contributed by atoms with Crippen LogP contribution in [0.1, 0.15) is 43.0 Å². The van der Waals surface area contributed by atoms with E-state index in [1.54, 1.807) is 25.3 Å². The molecule has 2 fully saturated rings. The first-order chi connectivity index (χ1) is 12.1. The Balaban J connectivity index is 1.58. The summed E-state index contributed by atoms with van der Waals surface area (Å²) in [6.45, 7) is 3.73. The van der Waals surface area contributed by atoms with Crippen LogP contribution in [0.4, 0.5) is 0 Å². The van der Waals surface area contributed by atoms with E-state index in [4.69, 9.17) is 9.47 Å². The molecule has 1 aliphatic heterocycles. The van der Waals surface area contributed by atoms with Crippen LogP contribution in [0, 0.1) is 5.92 Å². The van der Waals surface area contributed by atoms with Crippen molar-refractivity contribution in [1.82, 2.24) is 10.2 Å². The number of hydrogen-bond donors (Lipinski definition) is 1. The van der Waals surface area contributed by atoms with E-state index in [0.29, 0.717) is 36.8 Å². The number of benzene rings is 1. The van der Waals surface area contributed by atoms with Crippen molar-refractivity contribution in [2.75, 3.05) is 26.8 Å². The lowest BCUT2D eigenvalue weighted by Crippen LogP contribution is -2.46. The quantitative estimate of drug-likeness (QED) is 0.858. The molecule has 1 aromatic carbocycles. The number of piperidine rings is 1. The van der Waals surface area contributed by atoms with Crippen molar-refractivity contribution in [3.05, 3.63) is 23.8 Å². The molecular formula is C19H26N2O4. The van der Waals surface area contributed by atoms with Gasteiger partial charge < -0.3 is 19.7 Å². The van der Waals surface area contributed by atoms with Crippen LogP contribution in [0.5, 0.6) is 11.5 Å². The lowest BCUT2D eigenvalue weighted by atomic mass is 10.0. The maximum Gasteiger partial charge on any atom is 0.253 e. The molecule has 1 saturated carbocycles. The van der Waals surface area contributed by atoms with Crippen molar-refractivity contribution in [1.29, 1.82) is 0 Å². The second kappa shape index (κ2) is 7.76. The topological polar surface area (TPSA) is 67.9 Å². The van der Waals surface area contributed by atoms with E-state index in [9.17, 15) is 9.59 Å². The molecule has 0 radical (unpaired) electrons. The molecule has 1 aromatic rings. The van der Waals surface area contributed by atoms with Gasteiger partial charge in [0.05, 0.1) is 13.7 Å². The predicted molar refractivity (Wildman–Crippen MR) is 94.0 cm³/mol. The molecule has 6 nitrogen and oxygen atoms in total. The Hall–Kier alpha value is -2.24. The second-order valence-electron chi connectivity index (χ2n) is 6.65. The lowest BCUT2D eigenvalue weighted by molar-refractivity contribution is -0.123. The van der Waals surface area contributed by atoms with E-state index in [1.807, 2.05) is 11.8 Å². The monoisotopic (exact) mass is 346 g/mol. The Kier molecular flexibility index (Phi) is 5.46. The summed E-state index contributed by atoms with van der Waals surface area (Å²) in [6, 6.07) is 5.46. The molecule has 1 heterocycles. The fraction of sp³-hybridized carbons (Fsp3) is 0.579. The summed E-state index contributed by atoms with van der Waals surface area (Å²) in [5, 5.41) is 3.11. The Morgan fingerprint density at radius 3 is 2.48 bits per heavy atom. The molecule has 1 saturated heterocycles. The fourth-order valence-corrected chi connectivity index (χ4v) is 3.15. The first kappa shape index (κ1) is 17.6. The Labute approximate surface area is 148 Å². The lowest BCUT2D eigenvalue weighted by Gasteiger charge is -2.32. The van der Waals surface area contributed by atoms with Crippen LogP contribution in [0.3, 0.4) is 0 Å². The fourth-order valence-electron chi connectivity index (χ4n) is 3.15. The summed E-state index contributed by atoms with van der Waals surface area (Å²) in [6.07, 6.45) is 3.64. The second-order valence-corrected chi connectivity index (χ2v) is 6.65. The summed E-state index contributed by atoms with van der Waals surface area (Å²) in [5.74, 6) is 1.62. The number of methoxy groups -OCH3 is 1. The number of nitrogens with zero attached hydrogens (tertiary/aromatic N) is 1. The highest BCUT2D eigenvalue weighted by Crippen LogP contribution is 2.30. The molecule has 2 aliphatic rings. The number of carbonyl (C=O) groups is 2. The number of ether oxygens (including phenoxy) is 2. The molecule has 0 spiro atoms. The molecule has 0 aromatic heterocycles. The maximum atomic E-state index is 12.7. The van der Waals surface area contributed by atoms with Crippen LogP contribution in [-0.2, 0) is 4.79 Å². The zero-order chi connectivity index (χ0) is 17.8. The molecule has 0 unspecified atom stereocenters. The summed E-state index contributed by atoms with van der Waals surface area (Å²) < 4.78 is 10.8. The van der Waals surface area contributed by atoms with Gasteiger partial charge in [0.1, 0.15) is 0 Å². The smallest absolute Gasteiger partial charge is 0.253 e. The van der Waals surface area contributed by atoms with Crippen LogP contribution in [0.25, 0.3) is 0 Å². The van der Waals surface area contributed by atoms with Gasteiger partial charge in [0.15, 0.2) is 11.5 Å². The summed E-state index contributed by atoms with van der Waals surface area (Å²) >= 11 is 0. The number of hydrogen-bond acceptors (Lipinski definition) is 4. The molecule has 3 rings (SSSR count). The van der Waals surface area contributed by atoms with Crippen LogP contribution in [0.2, 0.25) is 0 Å². The van der Waals surface area contributed by atoms with Crippen molar-refractivity contribution in [2.45, 2.75) is 38.6 Å². The first-order valence-electron chi connectivity index (χ1n) is 9.02. The van der Waals surface area contributed by atoms with Gasteiger partial charge in [0, 0.05) is 30.6 Å². The minimum absolute atomic E-state index is 0.00410. The number of likely N-dealkylation sites (tertiary alicyclic amines) is 1. The van der Waals surface area contributed by atoms with Crippen molar-refractivity contribution in [3.8, 4) is 11.5 Å². The molecular weight excluding hydrogens is 320 g/mol. The highest BCUT2D eigenvalue weighted by atomic mass is 16.5. The van der Waals surface area contributed by atoms with Gasteiger partial charge in [0.25, 0.3) is 5.91 Å². The largest absolute Gasteiger partial charge is 0.493 e.